The summed E-state index contributed by atoms with van der Waals surface area (Å²) in [6.07, 6.45) is -0.106. The molecule has 0 saturated carbocycles. The molecule has 2 rings (SSSR count). The molecule has 0 saturated heterocycles. The van der Waals surface area contributed by atoms with Crippen molar-refractivity contribution in [3.8, 4) is 6.07 Å². The molecule has 0 aliphatic heterocycles. The van der Waals surface area contributed by atoms with Gasteiger partial charge < -0.3 is 5.32 Å². The maximum Gasteiger partial charge on any atom is 0.234 e. The second-order valence-electron chi connectivity index (χ2n) is 3.19. The molecule has 1 aromatic heterocycles. The van der Waals surface area contributed by atoms with Crippen molar-refractivity contribution in [3.05, 3.63) is 29.3 Å². The van der Waals surface area contributed by atoms with Gasteiger partial charge in [0.2, 0.25) is 5.91 Å². The highest BCUT2D eigenvalue weighted by Gasteiger charge is 2.04. The topological polar surface area (TPSA) is 65.8 Å². The van der Waals surface area contributed by atoms with Gasteiger partial charge in [0.05, 0.1) is 22.8 Å². The Balaban J connectivity index is 2.05. The van der Waals surface area contributed by atoms with Crippen LogP contribution in [0.1, 0.15) is 11.4 Å². The minimum atomic E-state index is -0.262. The molecule has 0 bridgehead atoms. The summed E-state index contributed by atoms with van der Waals surface area (Å²) in [5, 5.41) is 11.8. The third-order valence-corrected chi connectivity index (χ3v) is 3.05. The first kappa shape index (κ1) is 10.6. The molecule has 0 aliphatic carbocycles. The zero-order valence-corrected chi connectivity index (χ0v) is 9.25. The number of fused-ring (bicyclic) bond motifs is 1. The van der Waals surface area contributed by atoms with Gasteiger partial charge in [0.1, 0.15) is 11.4 Å². The first-order valence-electron chi connectivity index (χ1n) is 4.77. The predicted molar refractivity (Wildman–Crippen MR) is 61.7 cm³/mol. The van der Waals surface area contributed by atoms with Gasteiger partial charge in [-0.1, -0.05) is 12.1 Å². The first-order valence-corrected chi connectivity index (χ1v) is 5.59. The highest BCUT2D eigenvalue weighted by molar-refractivity contribution is 7.18. The molecule has 0 unspecified atom stereocenters. The number of thiazole rings is 1. The van der Waals surface area contributed by atoms with Crippen LogP contribution in [0.3, 0.4) is 0 Å². The molecular formula is C11H9N3OS. The summed E-state index contributed by atoms with van der Waals surface area (Å²) >= 11 is 1.55. The number of carbonyl (C=O) groups is 1. The normalized spacial score (nSPS) is 9.94. The Hall–Kier alpha value is -1.93. The zero-order valence-electron chi connectivity index (χ0n) is 8.43. The number of hydrogen-bond donors (Lipinski definition) is 1. The van der Waals surface area contributed by atoms with Gasteiger partial charge in [-0.3, -0.25) is 4.79 Å². The van der Waals surface area contributed by atoms with E-state index in [0.717, 1.165) is 15.2 Å². The molecule has 0 atom stereocenters. The van der Waals surface area contributed by atoms with E-state index >= 15 is 0 Å². The Morgan fingerprint density at radius 3 is 3.06 bits per heavy atom. The van der Waals surface area contributed by atoms with Gasteiger partial charge >= 0.3 is 0 Å². The van der Waals surface area contributed by atoms with Crippen LogP contribution >= 0.6 is 11.3 Å². The second-order valence-corrected chi connectivity index (χ2v) is 4.30. The number of hydrogen-bond acceptors (Lipinski definition) is 4. The standard InChI is InChI=1S/C11H9N3OS/c12-6-5-10(15)13-7-11-14-8-3-1-2-4-9(8)16-11/h1-4H,5,7H2,(H,13,15). The fourth-order valence-corrected chi connectivity index (χ4v) is 2.21. The Morgan fingerprint density at radius 2 is 2.31 bits per heavy atom. The molecule has 1 aromatic carbocycles. The van der Waals surface area contributed by atoms with Crippen molar-refractivity contribution in [1.82, 2.24) is 10.3 Å². The maximum absolute atomic E-state index is 11.1. The molecular weight excluding hydrogens is 222 g/mol. The van der Waals surface area contributed by atoms with Crippen molar-refractivity contribution in [2.24, 2.45) is 0 Å². The lowest BCUT2D eigenvalue weighted by Gasteiger charge is -1.97. The molecule has 4 nitrogen and oxygen atoms in total. The number of nitriles is 1. The molecule has 1 N–H and O–H groups in total. The van der Waals surface area contributed by atoms with E-state index in [1.807, 2.05) is 24.3 Å². The third kappa shape index (κ3) is 2.35. The fourth-order valence-electron chi connectivity index (χ4n) is 1.30. The Labute approximate surface area is 96.5 Å². The SMILES string of the molecule is N#CCC(=O)NCc1nc2ccccc2s1. The van der Waals surface area contributed by atoms with E-state index in [1.54, 1.807) is 17.4 Å². The van der Waals surface area contributed by atoms with Crippen LogP contribution < -0.4 is 5.32 Å². The minimum Gasteiger partial charge on any atom is -0.349 e. The number of nitrogens with zero attached hydrogens (tertiary/aromatic N) is 2. The lowest BCUT2D eigenvalue weighted by Crippen LogP contribution is -2.21. The number of rotatable bonds is 3. The molecule has 2 aromatic rings. The van der Waals surface area contributed by atoms with Crippen molar-refractivity contribution in [2.75, 3.05) is 0 Å². The molecule has 1 heterocycles. The van der Waals surface area contributed by atoms with E-state index in [9.17, 15) is 4.79 Å². The largest absolute Gasteiger partial charge is 0.349 e. The number of nitrogens with one attached hydrogen (secondary N) is 1. The summed E-state index contributed by atoms with van der Waals surface area (Å²) in [5.74, 6) is -0.262. The van der Waals surface area contributed by atoms with Crippen LogP contribution in [0.25, 0.3) is 10.2 Å². The zero-order chi connectivity index (χ0) is 11.4. The fraction of sp³-hybridized carbons (Fsp3) is 0.182. The number of aromatic nitrogens is 1. The summed E-state index contributed by atoms with van der Waals surface area (Å²) < 4.78 is 1.10. The van der Waals surface area contributed by atoms with Gasteiger partial charge in [0, 0.05) is 0 Å². The summed E-state index contributed by atoms with van der Waals surface area (Å²) in [5.41, 5.74) is 0.942. The maximum atomic E-state index is 11.1. The van der Waals surface area contributed by atoms with Gasteiger partial charge in [0.25, 0.3) is 0 Å². The highest BCUT2D eigenvalue weighted by atomic mass is 32.1. The second kappa shape index (κ2) is 4.73. The molecule has 0 fully saturated rings. The van der Waals surface area contributed by atoms with Crippen LogP contribution in [0, 0.1) is 11.3 Å². The summed E-state index contributed by atoms with van der Waals surface area (Å²) in [7, 11) is 0. The van der Waals surface area contributed by atoms with E-state index in [2.05, 4.69) is 10.3 Å². The van der Waals surface area contributed by atoms with Crippen molar-refractivity contribution < 1.29 is 4.79 Å². The van der Waals surface area contributed by atoms with Crippen LogP contribution in [-0.2, 0) is 11.3 Å². The lowest BCUT2D eigenvalue weighted by atomic mass is 10.3. The van der Waals surface area contributed by atoms with Gasteiger partial charge in [-0.25, -0.2) is 4.98 Å². The summed E-state index contributed by atoms with van der Waals surface area (Å²) in [6, 6.07) is 9.62. The van der Waals surface area contributed by atoms with Gasteiger partial charge in [-0.15, -0.1) is 11.3 Å². The van der Waals surface area contributed by atoms with Crippen LogP contribution in [0.4, 0.5) is 0 Å². The van der Waals surface area contributed by atoms with Crippen LogP contribution in [0.2, 0.25) is 0 Å². The van der Waals surface area contributed by atoms with Gasteiger partial charge in [-0.2, -0.15) is 5.26 Å². The first-order chi connectivity index (χ1) is 7.79. The summed E-state index contributed by atoms with van der Waals surface area (Å²) in [6.45, 7) is 0.389. The minimum absolute atomic E-state index is 0.106. The molecule has 0 radical (unpaired) electrons. The monoisotopic (exact) mass is 231 g/mol. The van der Waals surface area contributed by atoms with E-state index in [0.29, 0.717) is 6.54 Å². The lowest BCUT2D eigenvalue weighted by molar-refractivity contribution is -0.120. The van der Waals surface area contributed by atoms with Crippen LogP contribution in [0.15, 0.2) is 24.3 Å². The van der Waals surface area contributed by atoms with Gasteiger partial charge in [0.15, 0.2) is 0 Å². The number of amides is 1. The highest BCUT2D eigenvalue weighted by Crippen LogP contribution is 2.21. The Bertz CT molecular complexity index is 523. The third-order valence-electron chi connectivity index (χ3n) is 2.01. The molecule has 5 heteroatoms. The van der Waals surface area contributed by atoms with E-state index < -0.39 is 0 Å². The molecule has 0 aliphatic rings. The predicted octanol–water partition coefficient (Wildman–Crippen LogP) is 1.83. The van der Waals surface area contributed by atoms with Crippen molar-refractivity contribution in [3.63, 3.8) is 0 Å². The van der Waals surface area contributed by atoms with E-state index in [4.69, 9.17) is 5.26 Å². The van der Waals surface area contributed by atoms with Crippen LogP contribution in [-0.4, -0.2) is 10.9 Å². The van der Waals surface area contributed by atoms with Crippen LogP contribution in [0.5, 0.6) is 0 Å². The Kier molecular flexibility index (Phi) is 3.13. The van der Waals surface area contributed by atoms with Gasteiger partial charge in [-0.05, 0) is 12.1 Å². The molecule has 80 valence electrons. The van der Waals surface area contributed by atoms with Crippen molar-refractivity contribution >= 4 is 27.5 Å². The number of carbonyl (C=O) groups excluding carboxylic acids is 1. The molecule has 0 spiro atoms. The van der Waals surface area contributed by atoms with Crippen molar-refractivity contribution in [2.45, 2.75) is 13.0 Å². The molecule has 1 amide bonds. The van der Waals surface area contributed by atoms with Crippen molar-refractivity contribution in [1.29, 1.82) is 5.26 Å². The number of para-hydroxylation sites is 1. The van der Waals surface area contributed by atoms with E-state index in [1.165, 1.54) is 0 Å². The average molecular weight is 231 g/mol. The summed E-state index contributed by atoms with van der Waals surface area (Å²) in [4.78, 5) is 15.4. The molecule has 16 heavy (non-hydrogen) atoms. The average Bonchev–Trinajstić information content (AvgIpc) is 2.69. The van der Waals surface area contributed by atoms with E-state index in [-0.39, 0.29) is 12.3 Å². The number of benzene rings is 1. The quantitative estimate of drug-likeness (QED) is 0.876. The smallest absolute Gasteiger partial charge is 0.234 e. The Morgan fingerprint density at radius 1 is 1.50 bits per heavy atom.